The molecule has 0 bridgehead atoms. The Morgan fingerprint density at radius 2 is 2.06 bits per heavy atom. The minimum Gasteiger partial charge on any atom is -0.390 e. The molecule has 1 fully saturated rings. The molecule has 1 atom stereocenters. The SMILES string of the molecule is COCCOC1CC(Nc2cc(C(=O)NC[C@H](O)CN3CCc4ccccc4C3)ncn2)C1. The van der Waals surface area contributed by atoms with Crippen molar-refractivity contribution in [3.05, 3.63) is 53.5 Å². The van der Waals surface area contributed by atoms with Gasteiger partial charge in [0.1, 0.15) is 17.8 Å². The number of benzene rings is 1. The molecule has 9 nitrogen and oxygen atoms in total. The maximum Gasteiger partial charge on any atom is 0.270 e. The van der Waals surface area contributed by atoms with Gasteiger partial charge in [-0.25, -0.2) is 9.97 Å². The number of aromatic nitrogens is 2. The molecule has 4 rings (SSSR count). The van der Waals surface area contributed by atoms with Crippen LogP contribution in [0, 0.1) is 0 Å². The van der Waals surface area contributed by atoms with Gasteiger partial charge in [-0.05, 0) is 30.4 Å². The molecule has 2 aliphatic rings. The second-order valence-corrected chi connectivity index (χ2v) is 8.70. The lowest BCUT2D eigenvalue weighted by molar-refractivity contribution is -0.0261. The average molecular weight is 456 g/mol. The summed E-state index contributed by atoms with van der Waals surface area (Å²) in [5.41, 5.74) is 2.96. The Hall–Kier alpha value is -2.59. The van der Waals surface area contributed by atoms with E-state index in [1.54, 1.807) is 13.2 Å². The van der Waals surface area contributed by atoms with E-state index in [4.69, 9.17) is 9.47 Å². The summed E-state index contributed by atoms with van der Waals surface area (Å²) in [5, 5.41) is 16.5. The van der Waals surface area contributed by atoms with Crippen LogP contribution in [0.15, 0.2) is 36.7 Å². The van der Waals surface area contributed by atoms with E-state index in [0.717, 1.165) is 32.4 Å². The minimum atomic E-state index is -0.649. The first-order valence-electron chi connectivity index (χ1n) is 11.5. The molecule has 9 heteroatoms. The van der Waals surface area contributed by atoms with Gasteiger partial charge in [0, 0.05) is 45.4 Å². The maximum atomic E-state index is 12.5. The van der Waals surface area contributed by atoms with Crippen LogP contribution in [0.25, 0.3) is 0 Å². The smallest absolute Gasteiger partial charge is 0.270 e. The number of β-amino-alcohol motifs (C(OH)–C–C–N with tert-alkyl or cyclic N) is 1. The topological polar surface area (TPSA) is 109 Å². The summed E-state index contributed by atoms with van der Waals surface area (Å²) in [6.45, 7) is 3.61. The highest BCUT2D eigenvalue weighted by molar-refractivity contribution is 5.92. The van der Waals surface area contributed by atoms with Crippen molar-refractivity contribution in [2.24, 2.45) is 0 Å². The summed E-state index contributed by atoms with van der Waals surface area (Å²) in [6.07, 6.45) is 3.72. The number of methoxy groups -OCH3 is 1. The van der Waals surface area contributed by atoms with Crippen molar-refractivity contribution in [3.8, 4) is 0 Å². The summed E-state index contributed by atoms with van der Waals surface area (Å²) in [4.78, 5) is 23.1. The predicted molar refractivity (Wildman–Crippen MR) is 124 cm³/mol. The molecule has 2 heterocycles. The second kappa shape index (κ2) is 11.5. The van der Waals surface area contributed by atoms with Gasteiger partial charge >= 0.3 is 0 Å². The number of ether oxygens (including phenoxy) is 2. The Labute approximate surface area is 194 Å². The molecule has 1 aromatic heterocycles. The monoisotopic (exact) mass is 455 g/mol. The maximum absolute atomic E-state index is 12.5. The van der Waals surface area contributed by atoms with Crippen LogP contribution in [0.3, 0.4) is 0 Å². The summed E-state index contributed by atoms with van der Waals surface area (Å²) in [7, 11) is 1.66. The average Bonchev–Trinajstić information content (AvgIpc) is 2.81. The molecule has 0 saturated heterocycles. The first-order chi connectivity index (χ1) is 16.1. The number of carbonyl (C=O) groups is 1. The second-order valence-electron chi connectivity index (χ2n) is 8.70. The third kappa shape index (κ3) is 6.70. The summed E-state index contributed by atoms with van der Waals surface area (Å²) < 4.78 is 10.7. The highest BCUT2D eigenvalue weighted by Crippen LogP contribution is 2.26. The van der Waals surface area contributed by atoms with Gasteiger partial charge in [0.2, 0.25) is 0 Å². The number of hydrogen-bond acceptors (Lipinski definition) is 8. The number of nitrogens with zero attached hydrogens (tertiary/aromatic N) is 3. The van der Waals surface area contributed by atoms with Crippen LogP contribution in [0.1, 0.15) is 34.5 Å². The van der Waals surface area contributed by atoms with Crippen molar-refractivity contribution in [3.63, 3.8) is 0 Å². The molecule has 0 radical (unpaired) electrons. The fourth-order valence-electron chi connectivity index (χ4n) is 4.26. The Kier molecular flexibility index (Phi) is 8.22. The Bertz CT molecular complexity index is 921. The van der Waals surface area contributed by atoms with Gasteiger partial charge in [0.15, 0.2) is 0 Å². The quantitative estimate of drug-likeness (QED) is 0.434. The molecule has 2 aromatic rings. The number of aliphatic hydroxyl groups is 1. The lowest BCUT2D eigenvalue weighted by atomic mass is 9.89. The van der Waals surface area contributed by atoms with Crippen LogP contribution < -0.4 is 10.6 Å². The molecule has 3 N–H and O–H groups in total. The third-order valence-electron chi connectivity index (χ3n) is 6.16. The van der Waals surface area contributed by atoms with E-state index >= 15 is 0 Å². The van der Waals surface area contributed by atoms with E-state index < -0.39 is 6.10 Å². The standard InChI is InChI=1S/C24H33N5O4/c1-32-8-9-33-21-10-19(11-21)28-23-12-22(26-16-27-23)24(31)25-13-20(30)15-29-7-6-17-4-2-3-5-18(17)14-29/h2-5,12,16,19-21,30H,6-11,13-15H2,1H3,(H,25,31)(H,26,27,28)/t19?,20-,21?/m0/s1. The van der Waals surface area contributed by atoms with Crippen LogP contribution in [0.4, 0.5) is 5.82 Å². The van der Waals surface area contributed by atoms with Gasteiger partial charge in [0.25, 0.3) is 5.91 Å². The molecule has 0 spiro atoms. The highest BCUT2D eigenvalue weighted by atomic mass is 16.5. The molecular formula is C24H33N5O4. The van der Waals surface area contributed by atoms with Crippen molar-refractivity contribution in [2.45, 2.75) is 44.1 Å². The largest absolute Gasteiger partial charge is 0.390 e. The van der Waals surface area contributed by atoms with Gasteiger partial charge in [-0.1, -0.05) is 24.3 Å². The highest BCUT2D eigenvalue weighted by Gasteiger charge is 2.30. The number of rotatable bonds is 11. The number of hydrogen-bond donors (Lipinski definition) is 3. The van der Waals surface area contributed by atoms with Crippen LogP contribution in [0.2, 0.25) is 0 Å². The molecule has 1 aromatic carbocycles. The normalized spacial score (nSPS) is 21.0. The van der Waals surface area contributed by atoms with Crippen LogP contribution >= 0.6 is 0 Å². The Morgan fingerprint density at radius 3 is 2.88 bits per heavy atom. The number of nitrogens with one attached hydrogen (secondary N) is 2. The Balaban J connectivity index is 1.18. The number of aliphatic hydroxyl groups excluding tert-OH is 1. The van der Waals surface area contributed by atoms with E-state index in [1.807, 2.05) is 6.07 Å². The first-order valence-corrected chi connectivity index (χ1v) is 11.5. The van der Waals surface area contributed by atoms with Crippen molar-refractivity contribution in [2.75, 3.05) is 45.3 Å². The fourth-order valence-corrected chi connectivity index (χ4v) is 4.26. The summed E-state index contributed by atoms with van der Waals surface area (Å²) in [5.74, 6) is 0.292. The number of amides is 1. The van der Waals surface area contributed by atoms with E-state index in [1.165, 1.54) is 17.5 Å². The van der Waals surface area contributed by atoms with Crippen molar-refractivity contribution < 1.29 is 19.4 Å². The predicted octanol–water partition coefficient (Wildman–Crippen LogP) is 1.23. The molecule has 1 aliphatic carbocycles. The van der Waals surface area contributed by atoms with E-state index in [-0.39, 0.29) is 30.3 Å². The number of anilines is 1. The van der Waals surface area contributed by atoms with Crippen LogP contribution in [-0.4, -0.2) is 84.1 Å². The lowest BCUT2D eigenvalue weighted by Crippen LogP contribution is -2.42. The summed E-state index contributed by atoms with van der Waals surface area (Å²) in [6, 6.07) is 10.3. The van der Waals surface area contributed by atoms with E-state index in [9.17, 15) is 9.90 Å². The Morgan fingerprint density at radius 1 is 1.24 bits per heavy atom. The van der Waals surface area contributed by atoms with Gasteiger partial charge in [0.05, 0.1) is 25.4 Å². The van der Waals surface area contributed by atoms with Crippen LogP contribution in [-0.2, 0) is 22.4 Å². The zero-order valence-electron chi connectivity index (χ0n) is 19.1. The molecule has 0 unspecified atom stereocenters. The van der Waals surface area contributed by atoms with Gasteiger partial charge in [-0.2, -0.15) is 0 Å². The molecule has 1 aliphatic heterocycles. The zero-order chi connectivity index (χ0) is 23.0. The van der Waals surface area contributed by atoms with E-state index in [2.05, 4.69) is 43.7 Å². The van der Waals surface area contributed by atoms with Crippen molar-refractivity contribution >= 4 is 11.7 Å². The van der Waals surface area contributed by atoms with Crippen LogP contribution in [0.5, 0.6) is 0 Å². The molecular weight excluding hydrogens is 422 g/mol. The molecule has 178 valence electrons. The van der Waals surface area contributed by atoms with Gasteiger partial charge in [-0.15, -0.1) is 0 Å². The van der Waals surface area contributed by atoms with E-state index in [0.29, 0.717) is 25.6 Å². The van der Waals surface area contributed by atoms with Crippen molar-refractivity contribution in [1.82, 2.24) is 20.2 Å². The first kappa shape index (κ1) is 23.6. The zero-order valence-corrected chi connectivity index (χ0v) is 19.1. The minimum absolute atomic E-state index is 0.173. The fraction of sp³-hybridized carbons (Fsp3) is 0.542. The number of fused-ring (bicyclic) bond motifs is 1. The van der Waals surface area contributed by atoms with Gasteiger partial charge < -0.3 is 25.2 Å². The van der Waals surface area contributed by atoms with Crippen molar-refractivity contribution in [1.29, 1.82) is 0 Å². The molecule has 1 amide bonds. The van der Waals surface area contributed by atoms with Gasteiger partial charge in [-0.3, -0.25) is 9.69 Å². The summed E-state index contributed by atoms with van der Waals surface area (Å²) >= 11 is 0. The third-order valence-corrected chi connectivity index (χ3v) is 6.16. The lowest BCUT2D eigenvalue weighted by Gasteiger charge is -2.35. The molecule has 33 heavy (non-hydrogen) atoms. The molecule has 1 saturated carbocycles. The number of carbonyl (C=O) groups excluding carboxylic acids is 1.